The molecule has 0 radical (unpaired) electrons. The van der Waals surface area contributed by atoms with Gasteiger partial charge in [-0.15, -0.1) is 0 Å². The minimum Gasteiger partial charge on any atom is -0.480 e. The molecule has 1 atom stereocenters. The molecule has 0 rings (SSSR count). The van der Waals surface area contributed by atoms with Crippen LogP contribution in [0, 0.1) is 0 Å². The molecule has 0 spiro atoms. The van der Waals surface area contributed by atoms with E-state index >= 15 is 0 Å². The molecule has 0 aromatic heterocycles. The number of carbonyl (C=O) groups is 1. The van der Waals surface area contributed by atoms with Gasteiger partial charge in [0.2, 0.25) is 0 Å². The quantitative estimate of drug-likeness (QED) is 0.399. The molecule has 0 amide bonds. The van der Waals surface area contributed by atoms with Crippen LogP contribution < -0.4 is 5.32 Å². The molecular formula is C6H13NO4. The third kappa shape index (κ3) is 4.72. The van der Waals surface area contributed by atoms with Gasteiger partial charge >= 0.3 is 5.97 Å². The molecular weight excluding hydrogens is 150 g/mol. The van der Waals surface area contributed by atoms with Crippen LogP contribution in [0.1, 0.15) is 0 Å². The predicted molar refractivity (Wildman–Crippen MR) is 38.3 cm³/mol. The van der Waals surface area contributed by atoms with Crippen molar-refractivity contribution in [1.82, 2.24) is 5.32 Å². The van der Waals surface area contributed by atoms with Crippen LogP contribution in [-0.2, 0) is 14.3 Å². The number of ether oxygens (including phenoxy) is 2. The molecule has 1 unspecified atom stereocenters. The Balaban J connectivity index is 3.44. The van der Waals surface area contributed by atoms with Gasteiger partial charge in [0, 0.05) is 7.11 Å². The average molecular weight is 163 g/mol. The maximum Gasteiger partial charge on any atom is 0.323 e. The van der Waals surface area contributed by atoms with Crippen LogP contribution in [0.5, 0.6) is 0 Å². The molecule has 0 fully saturated rings. The fourth-order valence-corrected chi connectivity index (χ4v) is 0.527. The smallest absolute Gasteiger partial charge is 0.323 e. The normalized spacial score (nSPS) is 12.9. The summed E-state index contributed by atoms with van der Waals surface area (Å²) in [6.45, 7) is 0.227. The van der Waals surface area contributed by atoms with E-state index in [1.807, 2.05) is 0 Å². The highest BCUT2D eigenvalue weighted by atomic mass is 16.7. The van der Waals surface area contributed by atoms with Crippen molar-refractivity contribution in [2.45, 2.75) is 6.04 Å². The molecule has 11 heavy (non-hydrogen) atoms. The van der Waals surface area contributed by atoms with Crippen LogP contribution in [0.15, 0.2) is 0 Å². The molecule has 0 heterocycles. The van der Waals surface area contributed by atoms with Crippen LogP contribution in [0.2, 0.25) is 0 Å². The fraction of sp³-hybridized carbons (Fsp3) is 0.833. The summed E-state index contributed by atoms with van der Waals surface area (Å²) in [6.07, 6.45) is 0. The first kappa shape index (κ1) is 10.3. The predicted octanol–water partition coefficient (Wildman–Crippen LogP) is -0.720. The van der Waals surface area contributed by atoms with Crippen molar-refractivity contribution in [3.05, 3.63) is 0 Å². The molecule has 0 saturated carbocycles. The minimum atomic E-state index is -0.927. The third-order valence-electron chi connectivity index (χ3n) is 1.13. The molecule has 0 aliphatic heterocycles. The first-order chi connectivity index (χ1) is 5.22. The number of hydrogen-bond acceptors (Lipinski definition) is 4. The second-order valence-electron chi connectivity index (χ2n) is 1.96. The number of nitrogens with one attached hydrogen (secondary N) is 1. The van der Waals surface area contributed by atoms with Crippen LogP contribution in [0.3, 0.4) is 0 Å². The molecule has 0 aromatic carbocycles. The highest BCUT2D eigenvalue weighted by Gasteiger charge is 2.13. The second kappa shape index (κ2) is 6.09. The van der Waals surface area contributed by atoms with Gasteiger partial charge in [-0.2, -0.15) is 0 Å². The van der Waals surface area contributed by atoms with E-state index in [1.54, 1.807) is 7.05 Å². The van der Waals surface area contributed by atoms with E-state index in [0.29, 0.717) is 0 Å². The number of likely N-dealkylation sites (N-methyl/N-ethyl adjacent to an activating group) is 1. The summed E-state index contributed by atoms with van der Waals surface area (Å²) in [5, 5.41) is 11.1. The van der Waals surface area contributed by atoms with Crippen molar-refractivity contribution in [3.63, 3.8) is 0 Å². The Kier molecular flexibility index (Phi) is 5.73. The lowest BCUT2D eigenvalue weighted by molar-refractivity contribution is -0.142. The van der Waals surface area contributed by atoms with Crippen molar-refractivity contribution in [1.29, 1.82) is 0 Å². The van der Waals surface area contributed by atoms with Crippen molar-refractivity contribution < 1.29 is 19.4 Å². The summed E-state index contributed by atoms with van der Waals surface area (Å²) in [4.78, 5) is 10.3. The summed E-state index contributed by atoms with van der Waals surface area (Å²) in [7, 11) is 3.05. The number of methoxy groups -OCH3 is 1. The van der Waals surface area contributed by atoms with E-state index in [2.05, 4.69) is 10.1 Å². The van der Waals surface area contributed by atoms with Gasteiger partial charge < -0.3 is 19.9 Å². The molecule has 2 N–H and O–H groups in total. The number of carboxylic acids is 1. The zero-order valence-electron chi connectivity index (χ0n) is 6.66. The summed E-state index contributed by atoms with van der Waals surface area (Å²) in [5.41, 5.74) is 0. The molecule has 0 aliphatic carbocycles. The van der Waals surface area contributed by atoms with Gasteiger partial charge in [0.1, 0.15) is 12.8 Å². The monoisotopic (exact) mass is 163 g/mol. The standard InChI is InChI=1S/C6H13NO4/c1-7-5(6(8)9)3-11-4-10-2/h5,7H,3-4H2,1-2H3,(H,8,9). The molecule has 5 heteroatoms. The van der Waals surface area contributed by atoms with Gasteiger partial charge in [0.05, 0.1) is 6.61 Å². The maximum atomic E-state index is 10.3. The second-order valence-corrected chi connectivity index (χ2v) is 1.96. The fourth-order valence-electron chi connectivity index (χ4n) is 0.527. The number of aliphatic carboxylic acids is 1. The lowest BCUT2D eigenvalue weighted by atomic mass is 10.3. The van der Waals surface area contributed by atoms with Gasteiger partial charge in [0.25, 0.3) is 0 Å². The maximum absolute atomic E-state index is 10.3. The van der Waals surface area contributed by atoms with E-state index < -0.39 is 12.0 Å². The van der Waals surface area contributed by atoms with Gasteiger partial charge in [-0.05, 0) is 7.05 Å². The molecule has 0 bridgehead atoms. The van der Waals surface area contributed by atoms with Gasteiger partial charge in [-0.1, -0.05) is 0 Å². The minimum absolute atomic E-state index is 0.111. The highest BCUT2D eigenvalue weighted by molar-refractivity contribution is 5.73. The van der Waals surface area contributed by atoms with E-state index in [-0.39, 0.29) is 13.4 Å². The molecule has 0 aliphatic rings. The summed E-state index contributed by atoms with van der Waals surface area (Å²) in [5.74, 6) is -0.927. The Morgan fingerprint density at radius 3 is 2.73 bits per heavy atom. The Labute approximate surface area is 65.3 Å². The van der Waals surface area contributed by atoms with Crippen LogP contribution in [0.4, 0.5) is 0 Å². The summed E-state index contributed by atoms with van der Waals surface area (Å²) >= 11 is 0. The number of carboxylic acid groups (broad SMARTS) is 1. The zero-order valence-corrected chi connectivity index (χ0v) is 6.66. The van der Waals surface area contributed by atoms with E-state index in [0.717, 1.165) is 0 Å². The number of rotatable bonds is 6. The Morgan fingerprint density at radius 2 is 2.36 bits per heavy atom. The Hall–Kier alpha value is -0.650. The van der Waals surface area contributed by atoms with Gasteiger partial charge in [0.15, 0.2) is 0 Å². The third-order valence-corrected chi connectivity index (χ3v) is 1.13. The number of hydrogen-bond donors (Lipinski definition) is 2. The molecule has 0 saturated heterocycles. The molecule has 5 nitrogen and oxygen atoms in total. The van der Waals surface area contributed by atoms with E-state index in [4.69, 9.17) is 9.84 Å². The Morgan fingerprint density at radius 1 is 1.73 bits per heavy atom. The lowest BCUT2D eigenvalue weighted by Crippen LogP contribution is -2.38. The van der Waals surface area contributed by atoms with Crippen molar-refractivity contribution in [2.24, 2.45) is 0 Å². The van der Waals surface area contributed by atoms with Crippen LogP contribution in [0.25, 0.3) is 0 Å². The van der Waals surface area contributed by atoms with Crippen molar-refractivity contribution >= 4 is 5.97 Å². The SMILES string of the molecule is CNC(COCOC)C(=O)O. The topological polar surface area (TPSA) is 67.8 Å². The Bertz CT molecular complexity index is 117. The summed E-state index contributed by atoms with van der Waals surface area (Å²) in [6, 6.07) is -0.662. The van der Waals surface area contributed by atoms with Crippen molar-refractivity contribution in [2.75, 3.05) is 27.6 Å². The average Bonchev–Trinajstić information content (AvgIpc) is 1.97. The van der Waals surface area contributed by atoms with Gasteiger partial charge in [-0.3, -0.25) is 4.79 Å². The largest absolute Gasteiger partial charge is 0.480 e. The highest BCUT2D eigenvalue weighted by Crippen LogP contribution is 1.85. The van der Waals surface area contributed by atoms with Crippen molar-refractivity contribution in [3.8, 4) is 0 Å². The van der Waals surface area contributed by atoms with E-state index in [9.17, 15) is 4.79 Å². The van der Waals surface area contributed by atoms with E-state index in [1.165, 1.54) is 7.11 Å². The summed E-state index contributed by atoms with van der Waals surface area (Å²) < 4.78 is 9.41. The lowest BCUT2D eigenvalue weighted by Gasteiger charge is -2.10. The van der Waals surface area contributed by atoms with Gasteiger partial charge in [-0.25, -0.2) is 0 Å². The molecule has 66 valence electrons. The molecule has 0 aromatic rings. The zero-order chi connectivity index (χ0) is 8.69. The van der Waals surface area contributed by atoms with Crippen LogP contribution >= 0.6 is 0 Å². The van der Waals surface area contributed by atoms with Crippen LogP contribution in [-0.4, -0.2) is 44.7 Å². The first-order valence-corrected chi connectivity index (χ1v) is 3.19. The first-order valence-electron chi connectivity index (χ1n) is 3.19.